The van der Waals surface area contributed by atoms with Crippen molar-refractivity contribution >= 4 is 11.6 Å². The zero-order chi connectivity index (χ0) is 12.4. The summed E-state index contributed by atoms with van der Waals surface area (Å²) in [6, 6.07) is 0. The molecule has 3 aliphatic carbocycles. The summed E-state index contributed by atoms with van der Waals surface area (Å²) in [6.45, 7) is 6.63. The standard InChI is InChI=1S/C15H20O2/c1-9-4-5-15-8-11(16)6-10(14(15,2)3)7-12(17)13(9)15/h10H,4-8H2,1-3H3/t10-,15+/m1/s1. The van der Waals surface area contributed by atoms with Gasteiger partial charge in [0.15, 0.2) is 5.78 Å². The van der Waals surface area contributed by atoms with Gasteiger partial charge in [-0.2, -0.15) is 0 Å². The lowest BCUT2D eigenvalue weighted by Crippen LogP contribution is -2.54. The molecule has 2 bridgehead atoms. The van der Waals surface area contributed by atoms with E-state index in [1.54, 1.807) is 0 Å². The lowest BCUT2D eigenvalue weighted by atomic mass is 9.46. The maximum absolute atomic E-state index is 12.3. The second-order valence-corrected chi connectivity index (χ2v) is 6.70. The number of rotatable bonds is 0. The highest BCUT2D eigenvalue weighted by Crippen LogP contribution is 2.66. The molecule has 0 N–H and O–H groups in total. The van der Waals surface area contributed by atoms with Crippen LogP contribution in [0.2, 0.25) is 0 Å². The SMILES string of the molecule is CC1=C2C(=O)C[C@H]3CC(=O)C[C@]2(CC1)C3(C)C. The summed E-state index contributed by atoms with van der Waals surface area (Å²) in [5, 5.41) is 0. The molecule has 0 aromatic rings. The van der Waals surface area contributed by atoms with Crippen molar-refractivity contribution in [3.05, 3.63) is 11.1 Å². The van der Waals surface area contributed by atoms with Crippen molar-refractivity contribution in [1.29, 1.82) is 0 Å². The normalized spacial score (nSPS) is 39.6. The highest BCUT2D eigenvalue weighted by Gasteiger charge is 2.62. The Labute approximate surface area is 102 Å². The molecule has 3 aliphatic rings. The van der Waals surface area contributed by atoms with E-state index in [9.17, 15) is 9.59 Å². The van der Waals surface area contributed by atoms with E-state index in [0.717, 1.165) is 18.4 Å². The van der Waals surface area contributed by atoms with Crippen molar-refractivity contribution in [1.82, 2.24) is 0 Å². The molecule has 0 aromatic carbocycles. The molecule has 0 aliphatic heterocycles. The Morgan fingerprint density at radius 2 is 1.88 bits per heavy atom. The molecule has 0 unspecified atom stereocenters. The maximum Gasteiger partial charge on any atom is 0.159 e. The first-order valence-corrected chi connectivity index (χ1v) is 6.63. The highest BCUT2D eigenvalue weighted by molar-refractivity contribution is 6.02. The van der Waals surface area contributed by atoms with Gasteiger partial charge in [-0.15, -0.1) is 0 Å². The topological polar surface area (TPSA) is 34.1 Å². The molecular formula is C15H20O2. The minimum atomic E-state index is -0.119. The van der Waals surface area contributed by atoms with Gasteiger partial charge in [0.05, 0.1) is 0 Å². The van der Waals surface area contributed by atoms with Crippen LogP contribution in [0.4, 0.5) is 0 Å². The van der Waals surface area contributed by atoms with Crippen LogP contribution in [-0.2, 0) is 9.59 Å². The largest absolute Gasteiger partial charge is 0.300 e. The van der Waals surface area contributed by atoms with Gasteiger partial charge in [0.1, 0.15) is 5.78 Å². The second kappa shape index (κ2) is 3.09. The van der Waals surface area contributed by atoms with E-state index in [4.69, 9.17) is 0 Å². The van der Waals surface area contributed by atoms with E-state index in [1.807, 2.05) is 0 Å². The van der Waals surface area contributed by atoms with E-state index in [2.05, 4.69) is 20.8 Å². The predicted octanol–water partition coefficient (Wildman–Crippen LogP) is 3.06. The first-order valence-electron chi connectivity index (χ1n) is 6.63. The number of fused-ring (bicyclic) bond motifs is 1. The van der Waals surface area contributed by atoms with Gasteiger partial charge >= 0.3 is 0 Å². The van der Waals surface area contributed by atoms with Crippen LogP contribution in [0.15, 0.2) is 11.1 Å². The maximum atomic E-state index is 12.3. The average Bonchev–Trinajstić information content (AvgIpc) is 2.51. The molecule has 0 radical (unpaired) electrons. The zero-order valence-electron chi connectivity index (χ0n) is 10.9. The minimum absolute atomic E-state index is 0.113. The van der Waals surface area contributed by atoms with Crippen LogP contribution in [0, 0.1) is 16.7 Å². The Kier molecular flexibility index (Phi) is 2.04. The second-order valence-electron chi connectivity index (χ2n) is 6.70. The Morgan fingerprint density at radius 3 is 2.59 bits per heavy atom. The molecule has 0 saturated heterocycles. The molecule has 0 aromatic heterocycles. The van der Waals surface area contributed by atoms with Crippen LogP contribution in [0.5, 0.6) is 0 Å². The third kappa shape index (κ3) is 1.16. The number of allylic oxidation sites excluding steroid dienone is 2. The van der Waals surface area contributed by atoms with E-state index in [0.29, 0.717) is 30.8 Å². The van der Waals surface area contributed by atoms with Crippen molar-refractivity contribution in [2.75, 3.05) is 0 Å². The predicted molar refractivity (Wildman–Crippen MR) is 65.5 cm³/mol. The van der Waals surface area contributed by atoms with Gasteiger partial charge in [-0.25, -0.2) is 0 Å². The lowest BCUT2D eigenvalue weighted by molar-refractivity contribution is -0.141. The van der Waals surface area contributed by atoms with Crippen LogP contribution in [-0.4, -0.2) is 11.6 Å². The fourth-order valence-electron chi connectivity index (χ4n) is 4.60. The minimum Gasteiger partial charge on any atom is -0.300 e. The Balaban J connectivity index is 2.22. The summed E-state index contributed by atoms with van der Waals surface area (Å²) in [7, 11) is 0. The number of ketones is 2. The lowest BCUT2D eigenvalue weighted by Gasteiger charge is -2.56. The summed E-state index contributed by atoms with van der Waals surface area (Å²) < 4.78 is 0. The van der Waals surface area contributed by atoms with E-state index in [-0.39, 0.29) is 16.7 Å². The molecule has 3 rings (SSSR count). The number of hydrogen-bond acceptors (Lipinski definition) is 2. The van der Waals surface area contributed by atoms with Crippen molar-refractivity contribution < 1.29 is 9.59 Å². The average molecular weight is 232 g/mol. The number of hydrogen-bond donors (Lipinski definition) is 0. The number of carbonyl (C=O) groups is 2. The Hall–Kier alpha value is -0.920. The van der Waals surface area contributed by atoms with Gasteiger partial charge in [0.25, 0.3) is 0 Å². The van der Waals surface area contributed by atoms with Crippen molar-refractivity contribution in [3.8, 4) is 0 Å². The quantitative estimate of drug-likeness (QED) is 0.643. The molecule has 0 amide bonds. The molecule has 17 heavy (non-hydrogen) atoms. The van der Waals surface area contributed by atoms with Crippen molar-refractivity contribution in [2.45, 2.75) is 52.9 Å². The first-order chi connectivity index (χ1) is 7.88. The summed E-state index contributed by atoms with van der Waals surface area (Å²) in [5.74, 6) is 0.969. The molecule has 0 heterocycles. The molecule has 2 heteroatoms. The van der Waals surface area contributed by atoms with Gasteiger partial charge in [-0.3, -0.25) is 9.59 Å². The van der Waals surface area contributed by atoms with Crippen LogP contribution in [0.1, 0.15) is 52.9 Å². The summed E-state index contributed by atoms with van der Waals surface area (Å²) in [6.07, 6.45) is 3.83. The molecule has 2 nitrogen and oxygen atoms in total. The summed E-state index contributed by atoms with van der Waals surface area (Å²) >= 11 is 0. The third-order valence-electron chi connectivity index (χ3n) is 5.77. The number of carbonyl (C=O) groups excluding carboxylic acids is 2. The zero-order valence-corrected chi connectivity index (χ0v) is 10.9. The van der Waals surface area contributed by atoms with Gasteiger partial charge in [0, 0.05) is 30.3 Å². The van der Waals surface area contributed by atoms with Gasteiger partial charge < -0.3 is 0 Å². The van der Waals surface area contributed by atoms with Crippen LogP contribution in [0.3, 0.4) is 0 Å². The van der Waals surface area contributed by atoms with Crippen LogP contribution < -0.4 is 0 Å². The molecular weight excluding hydrogens is 212 g/mol. The Bertz CT molecular complexity index is 456. The van der Waals surface area contributed by atoms with Crippen LogP contribution >= 0.6 is 0 Å². The molecule has 1 spiro atoms. The smallest absolute Gasteiger partial charge is 0.159 e. The van der Waals surface area contributed by atoms with Crippen LogP contribution in [0.25, 0.3) is 0 Å². The van der Waals surface area contributed by atoms with E-state index >= 15 is 0 Å². The van der Waals surface area contributed by atoms with Gasteiger partial charge in [-0.05, 0) is 31.1 Å². The summed E-state index contributed by atoms with van der Waals surface area (Å²) in [4.78, 5) is 24.3. The van der Waals surface area contributed by atoms with E-state index < -0.39 is 0 Å². The Morgan fingerprint density at radius 1 is 1.18 bits per heavy atom. The highest BCUT2D eigenvalue weighted by atomic mass is 16.1. The van der Waals surface area contributed by atoms with Crippen molar-refractivity contribution in [3.63, 3.8) is 0 Å². The fraction of sp³-hybridized carbons (Fsp3) is 0.733. The molecule has 2 atom stereocenters. The fourth-order valence-corrected chi connectivity index (χ4v) is 4.60. The van der Waals surface area contributed by atoms with Crippen molar-refractivity contribution in [2.24, 2.45) is 16.7 Å². The molecule has 92 valence electrons. The first kappa shape index (κ1) is 11.2. The van der Waals surface area contributed by atoms with Gasteiger partial charge in [-0.1, -0.05) is 19.4 Å². The summed E-state index contributed by atoms with van der Waals surface area (Å²) in [5.41, 5.74) is 2.27. The molecule has 2 saturated carbocycles. The number of Topliss-reactive ketones (excluding diaryl/α,β-unsaturated/α-hetero) is 2. The monoisotopic (exact) mass is 232 g/mol. The third-order valence-corrected chi connectivity index (χ3v) is 5.77. The van der Waals surface area contributed by atoms with E-state index in [1.165, 1.54) is 5.57 Å². The molecule has 2 fully saturated rings. The van der Waals surface area contributed by atoms with Gasteiger partial charge in [0.2, 0.25) is 0 Å².